The first kappa shape index (κ1) is 12.3. The van der Waals surface area contributed by atoms with Crippen LogP contribution in [0.15, 0.2) is 0 Å². The lowest BCUT2D eigenvalue weighted by molar-refractivity contribution is -0.195. The Kier molecular flexibility index (Phi) is 3.57. The van der Waals surface area contributed by atoms with Gasteiger partial charge in [0.2, 0.25) is 0 Å². The van der Waals surface area contributed by atoms with Crippen LogP contribution in [-0.2, 0) is 4.74 Å². The van der Waals surface area contributed by atoms with Gasteiger partial charge < -0.3 is 15.2 Å². The van der Waals surface area contributed by atoms with Crippen molar-refractivity contribution < 1.29 is 9.84 Å². The van der Waals surface area contributed by atoms with Crippen molar-refractivity contribution >= 4 is 0 Å². The van der Waals surface area contributed by atoms with E-state index in [2.05, 4.69) is 26.1 Å². The van der Waals surface area contributed by atoms with Gasteiger partial charge in [0, 0.05) is 30.0 Å². The summed E-state index contributed by atoms with van der Waals surface area (Å²) in [6.45, 7) is 7.84. The van der Waals surface area contributed by atoms with Crippen LogP contribution in [0.2, 0.25) is 0 Å². The van der Waals surface area contributed by atoms with Crippen molar-refractivity contribution in [3.8, 4) is 0 Å². The van der Waals surface area contributed by atoms with E-state index in [-0.39, 0.29) is 18.1 Å². The normalized spacial score (nSPS) is 38.6. The van der Waals surface area contributed by atoms with Gasteiger partial charge in [-0.1, -0.05) is 20.8 Å². The van der Waals surface area contributed by atoms with Gasteiger partial charge in [0.25, 0.3) is 0 Å². The van der Waals surface area contributed by atoms with Crippen molar-refractivity contribution in [3.63, 3.8) is 0 Å². The molecule has 3 nitrogen and oxygen atoms in total. The van der Waals surface area contributed by atoms with E-state index < -0.39 is 0 Å². The van der Waals surface area contributed by atoms with E-state index in [1.54, 1.807) is 0 Å². The Labute approximate surface area is 98.6 Å². The zero-order valence-corrected chi connectivity index (χ0v) is 10.7. The molecule has 1 aliphatic heterocycles. The number of aliphatic hydroxyl groups excluding tert-OH is 1. The molecule has 0 bridgehead atoms. The average Bonchev–Trinajstić information content (AvgIpc) is 2.30. The van der Waals surface area contributed by atoms with Gasteiger partial charge in [-0.3, -0.25) is 0 Å². The van der Waals surface area contributed by atoms with Crippen molar-refractivity contribution in [2.45, 2.75) is 58.2 Å². The maximum absolute atomic E-state index is 9.27. The molecule has 1 aliphatic carbocycles. The van der Waals surface area contributed by atoms with Gasteiger partial charge in [-0.25, -0.2) is 0 Å². The van der Waals surface area contributed by atoms with E-state index in [1.165, 1.54) is 12.8 Å². The molecule has 0 aromatic carbocycles. The van der Waals surface area contributed by atoms with Gasteiger partial charge in [-0.2, -0.15) is 0 Å². The fourth-order valence-corrected chi connectivity index (χ4v) is 3.41. The lowest BCUT2D eigenvalue weighted by Gasteiger charge is -2.60. The van der Waals surface area contributed by atoms with Crippen LogP contribution in [0.5, 0.6) is 0 Å². The third-order valence-corrected chi connectivity index (χ3v) is 4.46. The number of aliphatic hydroxyl groups is 1. The Hall–Kier alpha value is -0.120. The fraction of sp³-hybridized carbons (Fsp3) is 1.00. The second kappa shape index (κ2) is 4.63. The highest BCUT2D eigenvalue weighted by Gasteiger charge is 2.57. The summed E-state index contributed by atoms with van der Waals surface area (Å²) in [5.74, 6) is 0.657. The minimum atomic E-state index is 0.216. The van der Waals surface area contributed by atoms with Crippen LogP contribution in [-0.4, -0.2) is 36.5 Å². The highest BCUT2D eigenvalue weighted by Crippen LogP contribution is 2.51. The molecule has 1 heterocycles. The van der Waals surface area contributed by atoms with Gasteiger partial charge in [-0.05, 0) is 19.3 Å². The smallest absolute Gasteiger partial charge is 0.0684 e. The lowest BCUT2D eigenvalue weighted by atomic mass is 9.55. The summed E-state index contributed by atoms with van der Waals surface area (Å²) in [6, 6.07) is 0.752. The minimum absolute atomic E-state index is 0.216. The molecule has 2 fully saturated rings. The summed E-state index contributed by atoms with van der Waals surface area (Å²) in [7, 11) is 0. The van der Waals surface area contributed by atoms with E-state index in [4.69, 9.17) is 4.74 Å². The van der Waals surface area contributed by atoms with E-state index in [1.807, 2.05) is 0 Å². The number of hydrogen-bond donors (Lipinski definition) is 2. The molecule has 0 amide bonds. The van der Waals surface area contributed by atoms with Crippen LogP contribution in [0.1, 0.15) is 40.0 Å². The molecule has 2 rings (SSSR count). The Morgan fingerprint density at radius 1 is 1.50 bits per heavy atom. The second-order valence-electron chi connectivity index (χ2n) is 5.85. The van der Waals surface area contributed by atoms with Crippen LogP contribution in [0.3, 0.4) is 0 Å². The van der Waals surface area contributed by atoms with Crippen molar-refractivity contribution in [2.75, 3.05) is 13.2 Å². The Morgan fingerprint density at radius 3 is 2.88 bits per heavy atom. The molecule has 1 saturated heterocycles. The Bertz CT molecular complexity index is 238. The third kappa shape index (κ3) is 1.89. The van der Waals surface area contributed by atoms with Crippen LogP contribution in [0.4, 0.5) is 0 Å². The summed E-state index contributed by atoms with van der Waals surface area (Å²) < 4.78 is 5.87. The molecule has 0 aromatic rings. The number of rotatable bonds is 4. The molecule has 3 heteroatoms. The summed E-state index contributed by atoms with van der Waals surface area (Å²) in [5.41, 5.74) is 0.216. The molecule has 0 spiro atoms. The van der Waals surface area contributed by atoms with Crippen molar-refractivity contribution in [2.24, 2.45) is 11.3 Å². The maximum Gasteiger partial charge on any atom is 0.0684 e. The molecule has 0 radical (unpaired) electrons. The molecule has 2 N–H and O–H groups in total. The monoisotopic (exact) mass is 227 g/mol. The third-order valence-electron chi connectivity index (χ3n) is 4.46. The standard InChI is InChI=1S/C13H25NO2/c1-4-9(8-15)14-11-10-6-5-7-16-12(10)13(11,2)3/h9-12,14-15H,4-8H2,1-3H3. The average molecular weight is 227 g/mol. The van der Waals surface area contributed by atoms with Crippen LogP contribution < -0.4 is 5.32 Å². The van der Waals surface area contributed by atoms with Crippen molar-refractivity contribution in [1.29, 1.82) is 0 Å². The Morgan fingerprint density at radius 2 is 2.25 bits per heavy atom. The van der Waals surface area contributed by atoms with E-state index in [9.17, 15) is 5.11 Å². The number of hydrogen-bond acceptors (Lipinski definition) is 3. The molecule has 2 aliphatic rings. The maximum atomic E-state index is 9.27. The highest BCUT2D eigenvalue weighted by atomic mass is 16.5. The first-order chi connectivity index (χ1) is 7.61. The molecule has 0 aromatic heterocycles. The highest BCUT2D eigenvalue weighted by molar-refractivity contribution is 5.10. The molecular formula is C13H25NO2. The number of fused-ring (bicyclic) bond motifs is 1. The largest absolute Gasteiger partial charge is 0.395 e. The molecule has 94 valence electrons. The quantitative estimate of drug-likeness (QED) is 0.765. The van der Waals surface area contributed by atoms with E-state index in [0.29, 0.717) is 18.1 Å². The summed E-state index contributed by atoms with van der Waals surface area (Å²) in [4.78, 5) is 0. The first-order valence-electron chi connectivity index (χ1n) is 6.59. The van der Waals surface area contributed by atoms with Crippen LogP contribution >= 0.6 is 0 Å². The second-order valence-corrected chi connectivity index (χ2v) is 5.85. The Balaban J connectivity index is 1.98. The summed E-state index contributed by atoms with van der Waals surface area (Å²) >= 11 is 0. The zero-order valence-electron chi connectivity index (χ0n) is 10.7. The van der Waals surface area contributed by atoms with Crippen LogP contribution in [0, 0.1) is 11.3 Å². The number of nitrogens with one attached hydrogen (secondary N) is 1. The molecule has 4 atom stereocenters. The number of ether oxygens (including phenoxy) is 1. The molecule has 4 unspecified atom stereocenters. The van der Waals surface area contributed by atoms with E-state index in [0.717, 1.165) is 13.0 Å². The van der Waals surface area contributed by atoms with E-state index >= 15 is 0 Å². The molecule has 16 heavy (non-hydrogen) atoms. The van der Waals surface area contributed by atoms with Gasteiger partial charge in [0.1, 0.15) is 0 Å². The lowest BCUT2D eigenvalue weighted by Crippen LogP contribution is -2.70. The van der Waals surface area contributed by atoms with Gasteiger partial charge in [0.15, 0.2) is 0 Å². The fourth-order valence-electron chi connectivity index (χ4n) is 3.41. The predicted octanol–water partition coefficient (Wildman–Crippen LogP) is 1.55. The molecular weight excluding hydrogens is 202 g/mol. The summed E-state index contributed by atoms with van der Waals surface area (Å²) in [5, 5.41) is 12.9. The van der Waals surface area contributed by atoms with Crippen LogP contribution in [0.25, 0.3) is 0 Å². The zero-order chi connectivity index (χ0) is 11.8. The first-order valence-corrected chi connectivity index (χ1v) is 6.59. The van der Waals surface area contributed by atoms with Gasteiger partial charge in [0.05, 0.1) is 12.7 Å². The van der Waals surface area contributed by atoms with Crippen molar-refractivity contribution in [3.05, 3.63) is 0 Å². The van der Waals surface area contributed by atoms with Gasteiger partial charge in [-0.15, -0.1) is 0 Å². The van der Waals surface area contributed by atoms with Gasteiger partial charge >= 0.3 is 0 Å². The summed E-state index contributed by atoms with van der Waals surface area (Å²) in [6.07, 6.45) is 3.87. The predicted molar refractivity (Wildman–Crippen MR) is 64.3 cm³/mol. The SMILES string of the molecule is CCC(CO)NC1C2CCCOC2C1(C)C. The molecule has 1 saturated carbocycles. The topological polar surface area (TPSA) is 41.5 Å². The van der Waals surface area contributed by atoms with Crippen molar-refractivity contribution in [1.82, 2.24) is 5.32 Å². The minimum Gasteiger partial charge on any atom is -0.395 e.